The molecule has 2 rings (SSSR count). The fraction of sp³-hybridized carbons (Fsp3) is 0.533. The van der Waals surface area contributed by atoms with E-state index in [2.05, 4.69) is 6.92 Å². The lowest BCUT2D eigenvalue weighted by atomic mass is 9.96. The van der Waals surface area contributed by atoms with Gasteiger partial charge in [-0.15, -0.1) is 0 Å². The van der Waals surface area contributed by atoms with Crippen LogP contribution in [-0.2, 0) is 6.42 Å². The number of rotatable bonds is 5. The predicted molar refractivity (Wildman–Crippen MR) is 72.1 cm³/mol. The van der Waals surface area contributed by atoms with Crippen molar-refractivity contribution in [3.05, 3.63) is 29.3 Å². The summed E-state index contributed by atoms with van der Waals surface area (Å²) < 4.78 is 5.66. The van der Waals surface area contributed by atoms with Crippen LogP contribution >= 0.6 is 0 Å². The van der Waals surface area contributed by atoms with E-state index in [1.54, 1.807) is 0 Å². The summed E-state index contributed by atoms with van der Waals surface area (Å²) in [6.45, 7) is 2.79. The lowest BCUT2D eigenvalue weighted by molar-refractivity contribution is 0.0968. The van der Waals surface area contributed by atoms with E-state index in [0.717, 1.165) is 37.0 Å². The topological polar surface area (TPSA) is 52.3 Å². The van der Waals surface area contributed by atoms with Crippen molar-refractivity contribution in [2.45, 2.75) is 45.1 Å². The Bertz CT molecular complexity index is 429. The number of nitrogens with two attached hydrogens (primary N) is 1. The third kappa shape index (κ3) is 2.91. The molecule has 1 aromatic rings. The predicted octanol–water partition coefficient (Wildman–Crippen LogP) is 2.71. The van der Waals surface area contributed by atoms with Crippen molar-refractivity contribution in [2.75, 3.05) is 6.61 Å². The first kappa shape index (κ1) is 13.1. The lowest BCUT2D eigenvalue weighted by Gasteiger charge is -2.20. The molecule has 0 saturated carbocycles. The fourth-order valence-electron chi connectivity index (χ4n) is 2.43. The zero-order valence-electron chi connectivity index (χ0n) is 10.9. The van der Waals surface area contributed by atoms with E-state index < -0.39 is 0 Å². The minimum Gasteiger partial charge on any atom is -0.493 e. The van der Waals surface area contributed by atoms with Crippen molar-refractivity contribution in [2.24, 2.45) is 5.73 Å². The van der Waals surface area contributed by atoms with Crippen LogP contribution in [0.15, 0.2) is 18.2 Å². The Kier molecular flexibility index (Phi) is 4.37. The van der Waals surface area contributed by atoms with Crippen molar-refractivity contribution in [1.82, 2.24) is 0 Å². The molecular weight excluding hydrogens is 226 g/mol. The molecular formula is C15H21NO2. The van der Waals surface area contributed by atoms with Gasteiger partial charge in [0.1, 0.15) is 5.75 Å². The molecule has 0 aliphatic carbocycles. The van der Waals surface area contributed by atoms with Gasteiger partial charge in [0.15, 0.2) is 5.78 Å². The Morgan fingerprint density at radius 2 is 2.33 bits per heavy atom. The van der Waals surface area contributed by atoms with Crippen LogP contribution in [0.2, 0.25) is 0 Å². The van der Waals surface area contributed by atoms with E-state index in [4.69, 9.17) is 10.5 Å². The third-order valence-electron chi connectivity index (χ3n) is 3.34. The van der Waals surface area contributed by atoms with Crippen LogP contribution in [0.25, 0.3) is 0 Å². The number of carbonyl (C=O) groups excluding carboxylic acids is 1. The second-order valence-corrected chi connectivity index (χ2v) is 4.92. The van der Waals surface area contributed by atoms with Crippen LogP contribution < -0.4 is 10.5 Å². The highest BCUT2D eigenvalue weighted by Crippen LogP contribution is 2.29. The highest BCUT2D eigenvalue weighted by molar-refractivity contribution is 5.99. The first-order valence-electron chi connectivity index (χ1n) is 6.75. The normalized spacial score (nSPS) is 15.7. The zero-order valence-corrected chi connectivity index (χ0v) is 10.9. The molecule has 2 N–H and O–H groups in total. The van der Waals surface area contributed by atoms with Gasteiger partial charge >= 0.3 is 0 Å². The minimum absolute atomic E-state index is 0.0399. The Morgan fingerprint density at radius 1 is 1.50 bits per heavy atom. The summed E-state index contributed by atoms with van der Waals surface area (Å²) in [5.41, 5.74) is 7.79. The van der Waals surface area contributed by atoms with Crippen molar-refractivity contribution in [3.63, 3.8) is 0 Å². The Hall–Kier alpha value is -1.35. The molecule has 0 aromatic heterocycles. The van der Waals surface area contributed by atoms with Crippen LogP contribution in [-0.4, -0.2) is 18.4 Å². The summed E-state index contributed by atoms with van der Waals surface area (Å²) >= 11 is 0. The number of hydrogen-bond acceptors (Lipinski definition) is 3. The van der Waals surface area contributed by atoms with Crippen LogP contribution in [0.3, 0.4) is 0 Å². The van der Waals surface area contributed by atoms with Crippen LogP contribution in [0.4, 0.5) is 0 Å². The van der Waals surface area contributed by atoms with Gasteiger partial charge in [0, 0.05) is 12.5 Å². The van der Waals surface area contributed by atoms with Crippen LogP contribution in [0.1, 0.15) is 48.5 Å². The molecule has 3 nitrogen and oxygen atoms in total. The van der Waals surface area contributed by atoms with E-state index >= 15 is 0 Å². The SMILES string of the molecule is CCCC(N)CC(=O)c1cccc2c1OCCC2. The molecule has 1 unspecified atom stereocenters. The van der Waals surface area contributed by atoms with Gasteiger partial charge in [0.25, 0.3) is 0 Å². The van der Waals surface area contributed by atoms with Crippen molar-refractivity contribution >= 4 is 5.78 Å². The average molecular weight is 247 g/mol. The van der Waals surface area contributed by atoms with Gasteiger partial charge in [0.05, 0.1) is 12.2 Å². The maximum atomic E-state index is 12.2. The molecule has 0 bridgehead atoms. The van der Waals surface area contributed by atoms with Gasteiger partial charge in [-0.1, -0.05) is 25.5 Å². The maximum absolute atomic E-state index is 12.2. The highest BCUT2D eigenvalue weighted by atomic mass is 16.5. The Labute approximate surface area is 108 Å². The molecule has 98 valence electrons. The Balaban J connectivity index is 2.15. The second kappa shape index (κ2) is 6.01. The summed E-state index contributed by atoms with van der Waals surface area (Å²) in [4.78, 5) is 12.2. The number of para-hydroxylation sites is 1. The van der Waals surface area contributed by atoms with Gasteiger partial charge < -0.3 is 10.5 Å². The van der Waals surface area contributed by atoms with Gasteiger partial charge in [-0.2, -0.15) is 0 Å². The van der Waals surface area contributed by atoms with E-state index in [0.29, 0.717) is 18.6 Å². The Morgan fingerprint density at radius 3 is 3.11 bits per heavy atom. The molecule has 1 aliphatic heterocycles. The second-order valence-electron chi connectivity index (χ2n) is 4.92. The number of carbonyl (C=O) groups is 1. The summed E-state index contributed by atoms with van der Waals surface area (Å²) in [7, 11) is 0. The summed E-state index contributed by atoms with van der Waals surface area (Å²) in [5, 5.41) is 0. The number of benzene rings is 1. The molecule has 0 radical (unpaired) electrons. The van der Waals surface area contributed by atoms with E-state index in [1.165, 1.54) is 0 Å². The van der Waals surface area contributed by atoms with Gasteiger partial charge in [-0.3, -0.25) is 4.79 Å². The number of ketones is 1. The molecule has 1 aliphatic rings. The van der Waals surface area contributed by atoms with E-state index in [1.807, 2.05) is 18.2 Å². The molecule has 18 heavy (non-hydrogen) atoms. The number of ether oxygens (including phenoxy) is 1. The third-order valence-corrected chi connectivity index (χ3v) is 3.34. The van der Waals surface area contributed by atoms with E-state index in [-0.39, 0.29) is 11.8 Å². The largest absolute Gasteiger partial charge is 0.493 e. The molecule has 0 amide bonds. The van der Waals surface area contributed by atoms with Gasteiger partial charge in [-0.25, -0.2) is 0 Å². The lowest BCUT2D eigenvalue weighted by Crippen LogP contribution is -2.24. The van der Waals surface area contributed by atoms with Crippen molar-refractivity contribution in [3.8, 4) is 5.75 Å². The van der Waals surface area contributed by atoms with Crippen molar-refractivity contribution < 1.29 is 9.53 Å². The van der Waals surface area contributed by atoms with Crippen molar-refractivity contribution in [1.29, 1.82) is 0 Å². The standard InChI is InChI=1S/C15H21NO2/c1-2-5-12(16)10-14(17)13-8-3-6-11-7-4-9-18-15(11)13/h3,6,8,12H,2,4-5,7,9-10,16H2,1H3. The molecule has 0 spiro atoms. The number of Topliss-reactive ketones (excluding diaryl/α,β-unsaturated/α-hetero) is 1. The number of fused-ring (bicyclic) bond motifs is 1. The minimum atomic E-state index is -0.0399. The van der Waals surface area contributed by atoms with E-state index in [9.17, 15) is 4.79 Å². The molecule has 0 fully saturated rings. The van der Waals surface area contributed by atoms with Gasteiger partial charge in [0.2, 0.25) is 0 Å². The first-order chi connectivity index (χ1) is 8.72. The number of aryl methyl sites for hydroxylation is 1. The smallest absolute Gasteiger partial charge is 0.168 e. The molecule has 1 atom stereocenters. The average Bonchev–Trinajstić information content (AvgIpc) is 2.38. The monoisotopic (exact) mass is 247 g/mol. The summed E-state index contributed by atoms with van der Waals surface area (Å²) in [5.74, 6) is 0.896. The van der Waals surface area contributed by atoms with Crippen LogP contribution in [0.5, 0.6) is 5.75 Å². The quantitative estimate of drug-likeness (QED) is 0.814. The summed E-state index contributed by atoms with van der Waals surface area (Å²) in [6, 6.07) is 5.79. The molecule has 3 heteroatoms. The maximum Gasteiger partial charge on any atom is 0.168 e. The first-order valence-corrected chi connectivity index (χ1v) is 6.75. The molecule has 0 saturated heterocycles. The molecule has 1 aromatic carbocycles. The zero-order chi connectivity index (χ0) is 13.0. The van der Waals surface area contributed by atoms with Crippen LogP contribution in [0, 0.1) is 0 Å². The fourth-order valence-corrected chi connectivity index (χ4v) is 2.43. The molecule has 1 heterocycles. The summed E-state index contributed by atoms with van der Waals surface area (Å²) in [6.07, 6.45) is 4.34. The highest BCUT2D eigenvalue weighted by Gasteiger charge is 2.20. The number of hydrogen-bond donors (Lipinski definition) is 1. The van der Waals surface area contributed by atoms with Gasteiger partial charge in [-0.05, 0) is 30.9 Å².